The lowest BCUT2D eigenvalue weighted by Crippen LogP contribution is -2.47. The lowest BCUT2D eigenvalue weighted by atomic mass is 9.97. The first-order chi connectivity index (χ1) is 8.69. The minimum absolute atomic E-state index is 0.354. The molecular formula is C13H19N3O2. The predicted octanol–water partition coefficient (Wildman–Crippen LogP) is 0.0174. The number of anilines is 1. The van der Waals surface area contributed by atoms with E-state index in [4.69, 9.17) is 4.74 Å². The summed E-state index contributed by atoms with van der Waals surface area (Å²) in [7, 11) is 0. The largest absolute Gasteiger partial charge is 0.379 e. The maximum Gasteiger partial charge on any atom is 0.153 e. The summed E-state index contributed by atoms with van der Waals surface area (Å²) in [5.74, 6) is 0. The van der Waals surface area contributed by atoms with Crippen LogP contribution in [0.25, 0.3) is 0 Å². The molecule has 18 heavy (non-hydrogen) atoms. The van der Waals surface area contributed by atoms with E-state index in [9.17, 15) is 5.11 Å². The number of pyridine rings is 1. The van der Waals surface area contributed by atoms with E-state index in [1.54, 1.807) is 0 Å². The Morgan fingerprint density at radius 3 is 2.61 bits per heavy atom. The first kappa shape index (κ1) is 11.9. The molecule has 0 spiro atoms. The first-order valence-electron chi connectivity index (χ1n) is 6.43. The number of aromatic nitrogens is 1. The number of aryl methyl sites for hydroxylation is 1. The maximum atomic E-state index is 10.2. The molecule has 98 valence electrons. The van der Waals surface area contributed by atoms with Crippen LogP contribution < -0.4 is 10.2 Å². The van der Waals surface area contributed by atoms with E-state index in [0.717, 1.165) is 37.6 Å². The van der Waals surface area contributed by atoms with Gasteiger partial charge in [0.2, 0.25) is 0 Å². The van der Waals surface area contributed by atoms with Gasteiger partial charge in [0.25, 0.3) is 0 Å². The van der Waals surface area contributed by atoms with Crippen LogP contribution in [-0.4, -0.2) is 49.5 Å². The van der Waals surface area contributed by atoms with Crippen molar-refractivity contribution in [3.05, 3.63) is 23.5 Å². The Bertz CT molecular complexity index is 440. The molecule has 0 aromatic carbocycles. The van der Waals surface area contributed by atoms with Crippen molar-refractivity contribution < 1.29 is 9.84 Å². The van der Waals surface area contributed by atoms with Crippen LogP contribution >= 0.6 is 0 Å². The molecular weight excluding hydrogens is 230 g/mol. The average molecular weight is 249 g/mol. The highest BCUT2D eigenvalue weighted by atomic mass is 16.5. The normalized spacial score (nSPS) is 22.7. The van der Waals surface area contributed by atoms with Gasteiger partial charge in [-0.1, -0.05) is 0 Å². The van der Waals surface area contributed by atoms with Gasteiger partial charge in [0.05, 0.1) is 30.3 Å². The zero-order valence-corrected chi connectivity index (χ0v) is 10.6. The summed E-state index contributed by atoms with van der Waals surface area (Å²) >= 11 is 0. The van der Waals surface area contributed by atoms with Gasteiger partial charge >= 0.3 is 0 Å². The number of piperazine rings is 1. The van der Waals surface area contributed by atoms with Gasteiger partial charge in [0.15, 0.2) is 5.60 Å². The Morgan fingerprint density at radius 1 is 1.33 bits per heavy atom. The highest BCUT2D eigenvalue weighted by Gasteiger charge is 2.39. The zero-order valence-electron chi connectivity index (χ0n) is 10.6. The van der Waals surface area contributed by atoms with Crippen molar-refractivity contribution in [3.8, 4) is 0 Å². The summed E-state index contributed by atoms with van der Waals surface area (Å²) in [5, 5.41) is 13.5. The fraction of sp³-hybridized carbons (Fsp3) is 0.615. The molecule has 5 heteroatoms. The molecule has 0 aliphatic carbocycles. The quantitative estimate of drug-likeness (QED) is 0.774. The second-order valence-corrected chi connectivity index (χ2v) is 5.06. The zero-order chi connectivity index (χ0) is 12.6. The monoisotopic (exact) mass is 249 g/mol. The second-order valence-electron chi connectivity index (χ2n) is 5.06. The van der Waals surface area contributed by atoms with Crippen LogP contribution in [0.4, 0.5) is 5.69 Å². The summed E-state index contributed by atoms with van der Waals surface area (Å²) in [6, 6.07) is 3.99. The minimum Gasteiger partial charge on any atom is -0.379 e. The van der Waals surface area contributed by atoms with Crippen LogP contribution in [0.2, 0.25) is 0 Å². The predicted molar refractivity (Wildman–Crippen MR) is 68.8 cm³/mol. The van der Waals surface area contributed by atoms with E-state index in [2.05, 4.69) is 21.3 Å². The van der Waals surface area contributed by atoms with E-state index in [1.807, 2.05) is 13.0 Å². The van der Waals surface area contributed by atoms with Gasteiger partial charge in [-0.2, -0.15) is 0 Å². The lowest BCUT2D eigenvalue weighted by molar-refractivity contribution is -0.186. The molecule has 0 radical (unpaired) electrons. The highest BCUT2D eigenvalue weighted by Crippen LogP contribution is 2.30. The molecule has 5 nitrogen and oxygen atoms in total. The molecule has 2 N–H and O–H groups in total. The summed E-state index contributed by atoms with van der Waals surface area (Å²) in [6.07, 6.45) is 0. The maximum absolute atomic E-state index is 10.2. The van der Waals surface area contributed by atoms with E-state index in [-0.39, 0.29) is 0 Å². The highest BCUT2D eigenvalue weighted by molar-refractivity contribution is 5.51. The van der Waals surface area contributed by atoms with E-state index >= 15 is 0 Å². The fourth-order valence-corrected chi connectivity index (χ4v) is 2.50. The molecule has 0 amide bonds. The minimum atomic E-state index is -0.868. The topological polar surface area (TPSA) is 57.6 Å². The summed E-state index contributed by atoms with van der Waals surface area (Å²) in [5.41, 5.74) is 2.01. The van der Waals surface area contributed by atoms with E-state index < -0.39 is 5.60 Å². The molecule has 2 aliphatic heterocycles. The van der Waals surface area contributed by atoms with Crippen LogP contribution in [0, 0.1) is 6.92 Å². The van der Waals surface area contributed by atoms with Crippen LogP contribution in [0.5, 0.6) is 0 Å². The molecule has 3 heterocycles. The molecule has 0 unspecified atom stereocenters. The molecule has 2 saturated heterocycles. The van der Waals surface area contributed by atoms with Crippen molar-refractivity contribution in [1.82, 2.24) is 10.3 Å². The number of aliphatic hydroxyl groups is 1. The van der Waals surface area contributed by atoms with Gasteiger partial charge in [-0.05, 0) is 19.1 Å². The molecule has 1 aromatic rings. The van der Waals surface area contributed by atoms with Crippen LogP contribution in [0.1, 0.15) is 11.4 Å². The van der Waals surface area contributed by atoms with Gasteiger partial charge in [-0.15, -0.1) is 0 Å². The van der Waals surface area contributed by atoms with Gasteiger partial charge in [-0.25, -0.2) is 0 Å². The molecule has 0 saturated carbocycles. The summed E-state index contributed by atoms with van der Waals surface area (Å²) < 4.78 is 5.07. The smallest absolute Gasteiger partial charge is 0.153 e. The molecule has 1 aromatic heterocycles. The van der Waals surface area contributed by atoms with Gasteiger partial charge in [-0.3, -0.25) is 4.98 Å². The standard InChI is InChI=1S/C13H19N3O2/c1-10-11(16-6-4-14-5-7-16)2-3-12(15-10)13(17)8-18-9-13/h2-3,14,17H,4-9H2,1H3. The van der Waals surface area contributed by atoms with Gasteiger partial charge in [0, 0.05) is 26.2 Å². The van der Waals surface area contributed by atoms with Gasteiger partial charge < -0.3 is 20.1 Å². The number of nitrogens with one attached hydrogen (secondary N) is 1. The molecule has 2 aliphatic rings. The number of ether oxygens (including phenoxy) is 1. The van der Waals surface area contributed by atoms with Crippen molar-refractivity contribution in [2.24, 2.45) is 0 Å². The van der Waals surface area contributed by atoms with Crippen molar-refractivity contribution in [1.29, 1.82) is 0 Å². The van der Waals surface area contributed by atoms with E-state index in [1.165, 1.54) is 5.69 Å². The van der Waals surface area contributed by atoms with Crippen molar-refractivity contribution in [3.63, 3.8) is 0 Å². The summed E-state index contributed by atoms with van der Waals surface area (Å²) in [6.45, 7) is 6.75. The number of rotatable bonds is 2. The Labute approximate surface area is 107 Å². The third kappa shape index (κ3) is 1.98. The second kappa shape index (κ2) is 4.50. The van der Waals surface area contributed by atoms with Crippen molar-refractivity contribution >= 4 is 5.69 Å². The first-order valence-corrected chi connectivity index (χ1v) is 6.43. The molecule has 0 atom stereocenters. The Kier molecular flexibility index (Phi) is 2.97. The Morgan fingerprint density at radius 2 is 2.06 bits per heavy atom. The number of nitrogens with zero attached hydrogens (tertiary/aromatic N) is 2. The lowest BCUT2D eigenvalue weighted by Gasteiger charge is -2.36. The van der Waals surface area contributed by atoms with Crippen LogP contribution in [0.15, 0.2) is 12.1 Å². The third-order valence-electron chi connectivity index (χ3n) is 3.67. The fourth-order valence-electron chi connectivity index (χ4n) is 2.50. The van der Waals surface area contributed by atoms with Crippen molar-refractivity contribution in [2.75, 3.05) is 44.3 Å². The Hall–Kier alpha value is -1.17. The molecule has 2 fully saturated rings. The third-order valence-corrected chi connectivity index (χ3v) is 3.67. The Balaban J connectivity index is 1.84. The van der Waals surface area contributed by atoms with Crippen molar-refractivity contribution in [2.45, 2.75) is 12.5 Å². The number of hydrogen-bond donors (Lipinski definition) is 2. The molecule has 3 rings (SSSR count). The van der Waals surface area contributed by atoms with Gasteiger partial charge in [0.1, 0.15) is 0 Å². The number of hydrogen-bond acceptors (Lipinski definition) is 5. The molecule has 0 bridgehead atoms. The SMILES string of the molecule is Cc1nc(C2(O)COC2)ccc1N1CCNCC1. The van der Waals surface area contributed by atoms with E-state index in [0.29, 0.717) is 13.2 Å². The average Bonchev–Trinajstić information content (AvgIpc) is 2.37. The summed E-state index contributed by atoms with van der Waals surface area (Å²) in [4.78, 5) is 6.89. The van der Waals surface area contributed by atoms with Crippen LogP contribution in [-0.2, 0) is 10.3 Å². The van der Waals surface area contributed by atoms with Crippen LogP contribution in [0.3, 0.4) is 0 Å².